The average molecular weight is 620 g/mol. The first-order chi connectivity index (χ1) is 19.6. The predicted molar refractivity (Wildman–Crippen MR) is 165 cm³/mol. The summed E-state index contributed by atoms with van der Waals surface area (Å²) in [6.45, 7) is 3.27. The number of fused-ring (bicyclic) bond motifs is 4. The molecule has 2 unspecified atom stereocenters. The predicted octanol–water partition coefficient (Wildman–Crippen LogP) is 5.84. The van der Waals surface area contributed by atoms with Gasteiger partial charge in [-0.15, -0.1) is 24.8 Å². The summed E-state index contributed by atoms with van der Waals surface area (Å²) in [4.78, 5) is 18.7. The number of hydrogen-bond donors (Lipinski definition) is 1. The maximum absolute atomic E-state index is 16.5. The summed E-state index contributed by atoms with van der Waals surface area (Å²) in [6, 6.07) is 9.01. The van der Waals surface area contributed by atoms with Crippen molar-refractivity contribution in [2.24, 2.45) is 0 Å². The second kappa shape index (κ2) is 11.6. The summed E-state index contributed by atoms with van der Waals surface area (Å²) in [5, 5.41) is 4.28. The zero-order valence-electron chi connectivity index (χ0n) is 23.6. The summed E-state index contributed by atoms with van der Waals surface area (Å²) in [5.41, 5.74) is 2.26. The van der Waals surface area contributed by atoms with Crippen LogP contribution in [0.4, 0.5) is 14.6 Å². The Hall–Kier alpha value is -2.33. The van der Waals surface area contributed by atoms with Gasteiger partial charge in [-0.25, -0.2) is 8.78 Å². The van der Waals surface area contributed by atoms with Crippen molar-refractivity contribution >= 4 is 41.5 Å². The van der Waals surface area contributed by atoms with Crippen molar-refractivity contribution < 1.29 is 13.5 Å². The van der Waals surface area contributed by atoms with E-state index in [0.29, 0.717) is 54.5 Å². The van der Waals surface area contributed by atoms with Crippen LogP contribution in [0.5, 0.6) is 6.01 Å². The topological polar surface area (TPSA) is 66.4 Å². The maximum Gasteiger partial charge on any atom is 0.319 e. The molecule has 4 atom stereocenters. The minimum absolute atomic E-state index is 0. The number of hydrogen-bond acceptors (Lipinski definition) is 7. The van der Waals surface area contributed by atoms with E-state index in [1.165, 1.54) is 6.42 Å². The van der Waals surface area contributed by atoms with Crippen LogP contribution in [0.1, 0.15) is 62.8 Å². The first kappa shape index (κ1) is 29.7. The molecule has 8 rings (SSSR count). The largest absolute Gasteiger partial charge is 0.461 e. The van der Waals surface area contributed by atoms with Crippen molar-refractivity contribution in [3.8, 4) is 17.3 Å². The zero-order chi connectivity index (χ0) is 26.8. The first-order valence-corrected chi connectivity index (χ1v) is 15.0. The Bertz CT molecular complexity index is 1450. The van der Waals surface area contributed by atoms with Gasteiger partial charge < -0.3 is 15.0 Å². The van der Waals surface area contributed by atoms with Crippen LogP contribution >= 0.6 is 24.8 Å². The Balaban J connectivity index is 0.00000158. The van der Waals surface area contributed by atoms with E-state index in [4.69, 9.17) is 14.7 Å². The molecule has 4 aliphatic heterocycles. The number of halogens is 4. The molecule has 0 amide bonds. The van der Waals surface area contributed by atoms with Crippen LogP contribution in [-0.2, 0) is 0 Å². The fourth-order valence-electron chi connectivity index (χ4n) is 7.92. The number of pyridine rings is 1. The lowest BCUT2D eigenvalue weighted by Gasteiger charge is -2.34. The van der Waals surface area contributed by atoms with E-state index >= 15 is 4.39 Å². The third-order valence-electron chi connectivity index (χ3n) is 10.2. The Morgan fingerprint density at radius 3 is 2.55 bits per heavy atom. The van der Waals surface area contributed by atoms with Gasteiger partial charge in [-0.3, -0.25) is 9.88 Å². The van der Waals surface area contributed by atoms with Gasteiger partial charge in [0.2, 0.25) is 0 Å². The van der Waals surface area contributed by atoms with Crippen LogP contribution in [0.3, 0.4) is 0 Å². The average Bonchev–Trinajstić information content (AvgIpc) is 3.57. The fourth-order valence-corrected chi connectivity index (χ4v) is 7.92. The molecule has 3 aromatic rings. The zero-order valence-corrected chi connectivity index (χ0v) is 25.2. The Kier molecular flexibility index (Phi) is 8.24. The number of nitrogens with zero attached hydrogens (tertiary/aromatic N) is 5. The quantitative estimate of drug-likeness (QED) is 0.372. The van der Waals surface area contributed by atoms with Crippen molar-refractivity contribution in [3.63, 3.8) is 0 Å². The van der Waals surface area contributed by atoms with Gasteiger partial charge in [-0.1, -0.05) is 30.7 Å². The van der Waals surface area contributed by atoms with Gasteiger partial charge in [0.05, 0.1) is 10.9 Å². The molecule has 1 saturated carbocycles. The minimum Gasteiger partial charge on any atom is -0.461 e. The molecule has 42 heavy (non-hydrogen) atoms. The molecule has 6 heterocycles. The highest BCUT2D eigenvalue weighted by molar-refractivity contribution is 5.92. The number of piperazine rings is 1. The monoisotopic (exact) mass is 618 g/mol. The van der Waals surface area contributed by atoms with E-state index in [-0.39, 0.29) is 41.9 Å². The molecule has 5 fully saturated rings. The van der Waals surface area contributed by atoms with E-state index in [1.54, 1.807) is 6.20 Å². The van der Waals surface area contributed by atoms with Crippen LogP contribution < -0.4 is 15.0 Å². The van der Waals surface area contributed by atoms with Crippen molar-refractivity contribution in [2.75, 3.05) is 37.7 Å². The van der Waals surface area contributed by atoms with Gasteiger partial charge in [0.15, 0.2) is 5.82 Å². The normalized spacial score (nSPS) is 28.7. The highest BCUT2D eigenvalue weighted by atomic mass is 35.5. The number of rotatable bonds is 6. The molecule has 1 aliphatic carbocycles. The Labute approximate surface area is 257 Å². The van der Waals surface area contributed by atoms with Crippen molar-refractivity contribution in [3.05, 3.63) is 41.8 Å². The Morgan fingerprint density at radius 1 is 1.00 bits per heavy atom. The van der Waals surface area contributed by atoms with E-state index < -0.39 is 12.0 Å². The number of benzene rings is 1. The summed E-state index contributed by atoms with van der Waals surface area (Å²) in [6.07, 6.45) is 9.03. The molecule has 0 radical (unpaired) electrons. The highest BCUT2D eigenvalue weighted by Gasteiger charge is 2.49. The molecule has 0 spiro atoms. The molecule has 2 aromatic heterocycles. The number of anilines is 1. The third kappa shape index (κ3) is 5.00. The first-order valence-electron chi connectivity index (χ1n) is 15.0. The van der Waals surface area contributed by atoms with E-state index in [1.807, 2.05) is 18.2 Å². The fraction of sp³-hybridized carbons (Fsp3) is 0.581. The highest BCUT2D eigenvalue weighted by Crippen LogP contribution is 2.43. The maximum atomic E-state index is 16.5. The summed E-state index contributed by atoms with van der Waals surface area (Å²) >= 11 is 0. The van der Waals surface area contributed by atoms with Gasteiger partial charge >= 0.3 is 6.01 Å². The second-order valence-electron chi connectivity index (χ2n) is 12.6. The van der Waals surface area contributed by atoms with Gasteiger partial charge in [-0.05, 0) is 56.6 Å². The molecule has 226 valence electrons. The van der Waals surface area contributed by atoms with Gasteiger partial charge in [0.1, 0.15) is 29.8 Å². The summed E-state index contributed by atoms with van der Waals surface area (Å²) in [7, 11) is 0. The second-order valence-corrected chi connectivity index (χ2v) is 12.6. The molecule has 1 N–H and O–H groups in total. The molecule has 1 aromatic carbocycles. The van der Waals surface area contributed by atoms with Crippen LogP contribution in [0.2, 0.25) is 0 Å². The molecule has 5 aliphatic rings. The van der Waals surface area contributed by atoms with E-state index in [0.717, 1.165) is 69.3 Å². The summed E-state index contributed by atoms with van der Waals surface area (Å²) < 4.78 is 37.2. The third-order valence-corrected chi connectivity index (χ3v) is 10.2. The summed E-state index contributed by atoms with van der Waals surface area (Å²) in [5.74, 6) is 0.698. The van der Waals surface area contributed by atoms with Gasteiger partial charge in [0.25, 0.3) is 0 Å². The Morgan fingerprint density at radius 2 is 1.79 bits per heavy atom. The molecule has 2 bridgehead atoms. The SMILES string of the molecule is Cl.Cl.Fc1c(-c2ccccc2C2CCC2)ncc2c(N3C[C@H]4CC[C@@H](C3)N4)nc(OCC34CCCN3CC(F)C4)nc12. The van der Waals surface area contributed by atoms with Gasteiger partial charge in [-0.2, -0.15) is 9.97 Å². The van der Waals surface area contributed by atoms with E-state index in [9.17, 15) is 4.39 Å². The number of alkyl halides is 1. The molecular formula is C31H38Cl2F2N6O. The number of aromatic nitrogens is 3. The number of ether oxygens (including phenoxy) is 1. The lowest BCUT2D eigenvalue weighted by molar-refractivity contribution is 0.107. The molecular weight excluding hydrogens is 581 g/mol. The minimum atomic E-state index is -0.838. The standard InChI is InChI=1S/C31H36F2N6O.2ClH/c32-20-13-31(11-4-12-39(31)15-20)18-40-30-36-28-25(29(37-30)38-16-21-9-10-22(17-38)35-21)14-34-27(26(28)33)24-8-2-1-7-23(24)19-5-3-6-19;;/h1-2,7-8,14,19-22,35H,3-6,9-13,15-18H2;2*1H/t20?,21-,22+,31?;;. The van der Waals surface area contributed by atoms with Crippen molar-refractivity contribution in [1.29, 1.82) is 0 Å². The lowest BCUT2D eigenvalue weighted by Crippen LogP contribution is -2.51. The lowest BCUT2D eigenvalue weighted by atomic mass is 9.77. The van der Waals surface area contributed by atoms with Crippen LogP contribution in [0, 0.1) is 5.82 Å². The molecule has 4 saturated heterocycles. The van der Waals surface area contributed by atoms with Crippen LogP contribution in [0.25, 0.3) is 22.2 Å². The van der Waals surface area contributed by atoms with Crippen molar-refractivity contribution in [2.45, 2.75) is 81.1 Å². The van der Waals surface area contributed by atoms with Crippen molar-refractivity contribution in [1.82, 2.24) is 25.2 Å². The molecule has 7 nitrogen and oxygen atoms in total. The van der Waals surface area contributed by atoms with Crippen LogP contribution in [0.15, 0.2) is 30.5 Å². The number of nitrogens with one attached hydrogen (secondary N) is 1. The van der Waals surface area contributed by atoms with E-state index in [2.05, 4.69) is 26.2 Å². The van der Waals surface area contributed by atoms with Crippen LogP contribution in [-0.4, -0.2) is 76.4 Å². The van der Waals surface area contributed by atoms with Gasteiger partial charge in [0, 0.05) is 49.9 Å². The smallest absolute Gasteiger partial charge is 0.319 e. The molecule has 11 heteroatoms.